The fourth-order valence-corrected chi connectivity index (χ4v) is 2.88. The van der Waals surface area contributed by atoms with Crippen molar-refractivity contribution in [2.45, 2.75) is 51.2 Å². The molecule has 0 saturated heterocycles. The van der Waals surface area contributed by atoms with Crippen molar-refractivity contribution in [3.05, 3.63) is 35.9 Å². The lowest BCUT2D eigenvalue weighted by Crippen LogP contribution is -2.42. The van der Waals surface area contributed by atoms with E-state index in [1.165, 1.54) is 25.7 Å². The number of aliphatic hydroxyl groups is 1. The highest BCUT2D eigenvalue weighted by Crippen LogP contribution is 2.28. The van der Waals surface area contributed by atoms with Gasteiger partial charge in [-0.05, 0) is 38.2 Å². The van der Waals surface area contributed by atoms with Crippen molar-refractivity contribution >= 4 is 0 Å². The number of nitrogens with one attached hydrogen (secondary N) is 1. The van der Waals surface area contributed by atoms with Gasteiger partial charge in [-0.15, -0.1) is 0 Å². The first-order valence-electron chi connectivity index (χ1n) is 7.11. The Kier molecular flexibility index (Phi) is 4.41. The largest absolute Gasteiger partial charge is 0.384 e. The van der Waals surface area contributed by atoms with Gasteiger partial charge in [-0.25, -0.2) is 0 Å². The third kappa shape index (κ3) is 3.33. The molecule has 1 aliphatic rings. The normalized spacial score (nSPS) is 21.7. The Hall–Kier alpha value is -0.860. The highest BCUT2D eigenvalue weighted by molar-refractivity contribution is 5.21. The maximum atomic E-state index is 10.5. The van der Waals surface area contributed by atoms with Gasteiger partial charge in [-0.3, -0.25) is 0 Å². The standard InChI is InChI=1S/C16H25NO/c1-13(14-8-6-7-9-14)17-12-16(2,18)15-10-4-3-5-11-15/h3-5,10-11,13-14,17-18H,6-9,12H2,1-2H3/t13-,16?/m1/s1. The zero-order chi connectivity index (χ0) is 13.0. The molecule has 1 aromatic rings. The molecule has 100 valence electrons. The minimum absolute atomic E-state index is 0.502. The summed E-state index contributed by atoms with van der Waals surface area (Å²) in [5.41, 5.74) is 0.199. The van der Waals surface area contributed by atoms with Gasteiger partial charge in [0.2, 0.25) is 0 Å². The molecule has 2 atom stereocenters. The lowest BCUT2D eigenvalue weighted by molar-refractivity contribution is 0.0521. The van der Waals surface area contributed by atoms with Gasteiger partial charge >= 0.3 is 0 Å². The summed E-state index contributed by atoms with van der Waals surface area (Å²) < 4.78 is 0. The first kappa shape index (κ1) is 13.6. The zero-order valence-corrected chi connectivity index (χ0v) is 11.5. The van der Waals surface area contributed by atoms with Crippen LogP contribution in [0.1, 0.15) is 45.1 Å². The van der Waals surface area contributed by atoms with Gasteiger partial charge in [0.25, 0.3) is 0 Å². The molecule has 0 heterocycles. The van der Waals surface area contributed by atoms with E-state index in [2.05, 4.69) is 12.2 Å². The van der Waals surface area contributed by atoms with Crippen molar-refractivity contribution in [1.82, 2.24) is 5.32 Å². The minimum Gasteiger partial charge on any atom is -0.384 e. The zero-order valence-electron chi connectivity index (χ0n) is 11.5. The highest BCUT2D eigenvalue weighted by atomic mass is 16.3. The van der Waals surface area contributed by atoms with Crippen LogP contribution in [0, 0.1) is 5.92 Å². The second-order valence-corrected chi connectivity index (χ2v) is 5.85. The molecule has 1 aliphatic carbocycles. The summed E-state index contributed by atoms with van der Waals surface area (Å²) in [6, 6.07) is 10.4. The van der Waals surface area contributed by atoms with Crippen LogP contribution >= 0.6 is 0 Å². The monoisotopic (exact) mass is 247 g/mol. The number of rotatable bonds is 5. The molecule has 1 aromatic carbocycles. The summed E-state index contributed by atoms with van der Waals surface area (Å²) in [6.45, 7) is 4.75. The van der Waals surface area contributed by atoms with Crippen molar-refractivity contribution in [1.29, 1.82) is 0 Å². The molecule has 1 unspecified atom stereocenters. The third-order valence-corrected chi connectivity index (χ3v) is 4.27. The smallest absolute Gasteiger partial charge is 0.0992 e. The number of hydrogen-bond acceptors (Lipinski definition) is 2. The first-order chi connectivity index (χ1) is 8.59. The molecule has 0 aliphatic heterocycles. The molecule has 0 spiro atoms. The Labute approximate surface area is 110 Å². The van der Waals surface area contributed by atoms with E-state index in [4.69, 9.17) is 0 Å². The lowest BCUT2D eigenvalue weighted by atomic mass is 9.94. The molecule has 0 bridgehead atoms. The second-order valence-electron chi connectivity index (χ2n) is 5.85. The SMILES string of the molecule is C[C@@H](NCC(C)(O)c1ccccc1)C1CCCC1. The average molecular weight is 247 g/mol. The van der Waals surface area contributed by atoms with Crippen LogP contribution in [0.5, 0.6) is 0 Å². The van der Waals surface area contributed by atoms with Crippen molar-refractivity contribution in [2.75, 3.05) is 6.54 Å². The Balaban J connectivity index is 1.88. The molecule has 0 amide bonds. The summed E-state index contributed by atoms with van der Waals surface area (Å²) in [7, 11) is 0. The summed E-state index contributed by atoms with van der Waals surface area (Å²) in [5.74, 6) is 0.788. The van der Waals surface area contributed by atoms with Crippen LogP contribution in [-0.4, -0.2) is 17.7 Å². The molecule has 0 aromatic heterocycles. The van der Waals surface area contributed by atoms with Crippen LogP contribution in [0.2, 0.25) is 0 Å². The summed E-state index contributed by atoms with van der Waals surface area (Å²) in [5, 5.41) is 14.0. The average Bonchev–Trinajstić information content (AvgIpc) is 2.91. The van der Waals surface area contributed by atoms with Crippen LogP contribution in [0.4, 0.5) is 0 Å². The van der Waals surface area contributed by atoms with Gasteiger partial charge in [-0.2, -0.15) is 0 Å². The van der Waals surface area contributed by atoms with Crippen LogP contribution in [-0.2, 0) is 5.60 Å². The van der Waals surface area contributed by atoms with Crippen LogP contribution in [0.15, 0.2) is 30.3 Å². The Morgan fingerprint density at radius 1 is 1.28 bits per heavy atom. The maximum Gasteiger partial charge on any atom is 0.0992 e. The molecule has 1 saturated carbocycles. The van der Waals surface area contributed by atoms with Crippen LogP contribution < -0.4 is 5.32 Å². The Morgan fingerprint density at radius 3 is 2.50 bits per heavy atom. The predicted octanol–water partition coefficient (Wildman–Crippen LogP) is 3.06. The third-order valence-electron chi connectivity index (χ3n) is 4.27. The molecule has 18 heavy (non-hydrogen) atoms. The highest BCUT2D eigenvalue weighted by Gasteiger charge is 2.26. The van der Waals surface area contributed by atoms with Crippen molar-refractivity contribution in [3.8, 4) is 0 Å². The van der Waals surface area contributed by atoms with Crippen molar-refractivity contribution < 1.29 is 5.11 Å². The molecule has 2 nitrogen and oxygen atoms in total. The van der Waals surface area contributed by atoms with E-state index in [1.807, 2.05) is 37.3 Å². The fourth-order valence-electron chi connectivity index (χ4n) is 2.88. The molecule has 2 rings (SSSR count). The van der Waals surface area contributed by atoms with E-state index in [0.717, 1.165) is 11.5 Å². The van der Waals surface area contributed by atoms with Gasteiger partial charge in [0.1, 0.15) is 0 Å². The van der Waals surface area contributed by atoms with E-state index in [-0.39, 0.29) is 0 Å². The predicted molar refractivity (Wildman–Crippen MR) is 75.4 cm³/mol. The van der Waals surface area contributed by atoms with Gasteiger partial charge in [0.15, 0.2) is 0 Å². The van der Waals surface area contributed by atoms with E-state index in [9.17, 15) is 5.11 Å². The van der Waals surface area contributed by atoms with Gasteiger partial charge in [0.05, 0.1) is 5.60 Å². The quantitative estimate of drug-likeness (QED) is 0.838. The topological polar surface area (TPSA) is 32.3 Å². The molecule has 1 fully saturated rings. The molecular weight excluding hydrogens is 222 g/mol. The summed E-state index contributed by atoms with van der Waals surface area (Å²) >= 11 is 0. The van der Waals surface area contributed by atoms with Crippen LogP contribution in [0.3, 0.4) is 0 Å². The van der Waals surface area contributed by atoms with Gasteiger partial charge in [0, 0.05) is 12.6 Å². The van der Waals surface area contributed by atoms with Gasteiger partial charge in [-0.1, -0.05) is 43.2 Å². The van der Waals surface area contributed by atoms with Gasteiger partial charge < -0.3 is 10.4 Å². The number of benzene rings is 1. The molecule has 2 heteroatoms. The van der Waals surface area contributed by atoms with E-state index >= 15 is 0 Å². The molecular formula is C16H25NO. The summed E-state index contributed by atoms with van der Waals surface area (Å²) in [6.07, 6.45) is 5.40. The van der Waals surface area contributed by atoms with Crippen molar-refractivity contribution in [2.24, 2.45) is 5.92 Å². The minimum atomic E-state index is -0.784. The maximum absolute atomic E-state index is 10.5. The van der Waals surface area contributed by atoms with Crippen molar-refractivity contribution in [3.63, 3.8) is 0 Å². The van der Waals surface area contributed by atoms with E-state index < -0.39 is 5.60 Å². The number of hydrogen-bond donors (Lipinski definition) is 2. The van der Waals surface area contributed by atoms with E-state index in [0.29, 0.717) is 12.6 Å². The second kappa shape index (κ2) is 5.85. The summed E-state index contributed by atoms with van der Waals surface area (Å²) in [4.78, 5) is 0. The fraction of sp³-hybridized carbons (Fsp3) is 0.625. The van der Waals surface area contributed by atoms with Crippen LogP contribution in [0.25, 0.3) is 0 Å². The lowest BCUT2D eigenvalue weighted by Gasteiger charge is -2.28. The Morgan fingerprint density at radius 2 is 1.89 bits per heavy atom. The molecule has 0 radical (unpaired) electrons. The Bertz CT molecular complexity index is 355. The molecule has 2 N–H and O–H groups in total. The van der Waals surface area contributed by atoms with E-state index in [1.54, 1.807) is 0 Å². The first-order valence-corrected chi connectivity index (χ1v) is 7.11.